The Labute approximate surface area is 217 Å². The molecule has 2 rings (SSSR count). The van der Waals surface area contributed by atoms with Gasteiger partial charge in [0.2, 0.25) is 0 Å². The van der Waals surface area contributed by atoms with Crippen LogP contribution in [0, 0.1) is 0 Å². The zero-order valence-corrected chi connectivity index (χ0v) is 20.3. The number of hydrogen-bond acceptors (Lipinski definition) is 10. The first kappa shape index (κ1) is 28.7. The molecule has 2 aromatic rings. The van der Waals surface area contributed by atoms with Gasteiger partial charge < -0.3 is 23.7 Å². The summed E-state index contributed by atoms with van der Waals surface area (Å²) in [4.78, 5) is 59.1. The lowest BCUT2D eigenvalue weighted by Gasteiger charge is -2.11. The molecule has 0 atom stereocenters. The van der Waals surface area contributed by atoms with Crippen LogP contribution in [0.25, 0.3) is 6.08 Å². The highest BCUT2D eigenvalue weighted by molar-refractivity contribution is 5.95. The molecule has 0 bridgehead atoms. The molecule has 38 heavy (non-hydrogen) atoms. The molecule has 194 valence electrons. The van der Waals surface area contributed by atoms with Crippen molar-refractivity contribution in [3.8, 4) is 28.7 Å². The Balaban J connectivity index is 2.31. The number of esters is 5. The van der Waals surface area contributed by atoms with Crippen LogP contribution in [-0.4, -0.2) is 29.8 Å². The fraction of sp³-hybridized carbons (Fsp3) is 0.0357. The lowest BCUT2D eigenvalue weighted by Crippen LogP contribution is -2.11. The molecule has 0 aliphatic rings. The molecule has 0 unspecified atom stereocenters. The van der Waals surface area contributed by atoms with E-state index in [1.165, 1.54) is 49.4 Å². The van der Waals surface area contributed by atoms with Crippen LogP contribution in [0.4, 0.5) is 0 Å². The topological polar surface area (TPSA) is 132 Å². The second-order valence-electron chi connectivity index (χ2n) is 7.03. The lowest BCUT2D eigenvalue weighted by molar-refractivity contribution is -0.131. The normalized spacial score (nSPS) is 10.3. The standard InChI is InChI=1S/C28H22O10/c1-6-24(29)35-20-12-10-18(15-22(20)37-26(31)8-3)14-17(5)28(33)34-19-11-13-21(36-25(30)7-2)23(16-19)38-27(32)9-4/h6-16H,1-4H2,5H3. The average molecular weight is 518 g/mol. The summed E-state index contributed by atoms with van der Waals surface area (Å²) in [6.07, 6.45) is 5.10. The molecule has 0 saturated heterocycles. The van der Waals surface area contributed by atoms with Crippen LogP contribution in [0.15, 0.2) is 92.6 Å². The van der Waals surface area contributed by atoms with E-state index in [2.05, 4.69) is 26.3 Å². The van der Waals surface area contributed by atoms with Crippen LogP contribution in [-0.2, 0) is 24.0 Å². The molecule has 10 nitrogen and oxygen atoms in total. The Morgan fingerprint density at radius 3 is 1.47 bits per heavy atom. The Bertz CT molecular complexity index is 1360. The molecule has 0 fully saturated rings. The largest absolute Gasteiger partial charge is 0.423 e. The van der Waals surface area contributed by atoms with Crippen LogP contribution >= 0.6 is 0 Å². The molecule has 0 aromatic heterocycles. The predicted molar refractivity (Wildman–Crippen MR) is 135 cm³/mol. The molecule has 0 radical (unpaired) electrons. The summed E-state index contributed by atoms with van der Waals surface area (Å²) in [5, 5.41) is 0. The molecule has 0 amide bonds. The van der Waals surface area contributed by atoms with Gasteiger partial charge in [-0.2, -0.15) is 0 Å². The van der Waals surface area contributed by atoms with Gasteiger partial charge in [-0.05, 0) is 42.8 Å². The quantitative estimate of drug-likeness (QED) is 0.244. The van der Waals surface area contributed by atoms with Gasteiger partial charge in [-0.3, -0.25) is 0 Å². The van der Waals surface area contributed by atoms with Crippen molar-refractivity contribution in [2.45, 2.75) is 6.92 Å². The van der Waals surface area contributed by atoms with Crippen LogP contribution in [0.3, 0.4) is 0 Å². The summed E-state index contributed by atoms with van der Waals surface area (Å²) in [7, 11) is 0. The van der Waals surface area contributed by atoms with Gasteiger partial charge >= 0.3 is 29.8 Å². The summed E-state index contributed by atoms with van der Waals surface area (Å²) >= 11 is 0. The second kappa shape index (κ2) is 13.5. The maximum Gasteiger partial charge on any atom is 0.339 e. The molecule has 0 aliphatic heterocycles. The molecular formula is C28H22O10. The zero-order valence-electron chi connectivity index (χ0n) is 20.3. The van der Waals surface area contributed by atoms with Gasteiger partial charge in [-0.15, -0.1) is 0 Å². The van der Waals surface area contributed by atoms with E-state index in [1.54, 1.807) is 0 Å². The highest BCUT2D eigenvalue weighted by atomic mass is 16.6. The fourth-order valence-electron chi connectivity index (χ4n) is 2.59. The molecule has 10 heteroatoms. The SMILES string of the molecule is C=CC(=O)Oc1ccc(C=C(C)C(=O)Oc2ccc(OC(=O)C=C)c(OC(=O)C=C)c2)cc1OC(=O)C=C. The van der Waals surface area contributed by atoms with Crippen LogP contribution in [0.1, 0.15) is 12.5 Å². The molecule has 0 saturated carbocycles. The van der Waals surface area contributed by atoms with Crippen molar-refractivity contribution in [3.05, 3.63) is 98.2 Å². The first-order valence-corrected chi connectivity index (χ1v) is 10.7. The van der Waals surface area contributed by atoms with Crippen molar-refractivity contribution in [1.82, 2.24) is 0 Å². The van der Waals surface area contributed by atoms with Crippen LogP contribution < -0.4 is 23.7 Å². The Morgan fingerprint density at radius 2 is 1.00 bits per heavy atom. The van der Waals surface area contributed by atoms with Crippen LogP contribution in [0.5, 0.6) is 28.7 Å². The summed E-state index contributed by atoms with van der Waals surface area (Å²) in [5.74, 6) is -4.48. The maximum absolute atomic E-state index is 12.7. The number of ether oxygens (including phenoxy) is 5. The number of hydrogen-bond donors (Lipinski definition) is 0. The fourth-order valence-corrected chi connectivity index (χ4v) is 2.59. The summed E-state index contributed by atoms with van der Waals surface area (Å²) in [6.45, 7) is 14.7. The van der Waals surface area contributed by atoms with E-state index in [4.69, 9.17) is 23.7 Å². The van der Waals surface area contributed by atoms with Gasteiger partial charge in [0.25, 0.3) is 0 Å². The molecular weight excluding hydrogens is 496 g/mol. The first-order valence-electron chi connectivity index (χ1n) is 10.7. The zero-order chi connectivity index (χ0) is 28.2. The van der Waals surface area contributed by atoms with E-state index in [-0.39, 0.29) is 34.3 Å². The molecule has 0 spiro atoms. The van der Waals surface area contributed by atoms with Crippen molar-refractivity contribution in [2.24, 2.45) is 0 Å². The number of carbonyl (C=O) groups is 5. The number of benzene rings is 2. The van der Waals surface area contributed by atoms with E-state index < -0.39 is 29.8 Å². The average Bonchev–Trinajstić information content (AvgIpc) is 2.90. The summed E-state index contributed by atoms with van der Waals surface area (Å²) < 4.78 is 25.6. The van der Waals surface area contributed by atoms with Gasteiger partial charge in [0.1, 0.15) is 5.75 Å². The molecule has 0 N–H and O–H groups in total. The highest BCUT2D eigenvalue weighted by Gasteiger charge is 2.16. The smallest absolute Gasteiger partial charge is 0.339 e. The monoisotopic (exact) mass is 518 g/mol. The second-order valence-corrected chi connectivity index (χ2v) is 7.03. The van der Waals surface area contributed by atoms with Gasteiger partial charge in [0, 0.05) is 35.9 Å². The first-order chi connectivity index (χ1) is 18.1. The molecule has 2 aromatic carbocycles. The van der Waals surface area contributed by atoms with Crippen molar-refractivity contribution >= 4 is 35.9 Å². The Hall–Kier alpha value is -5.51. The Morgan fingerprint density at radius 1 is 0.579 bits per heavy atom. The third kappa shape index (κ3) is 8.31. The van der Waals surface area contributed by atoms with Crippen LogP contribution in [0.2, 0.25) is 0 Å². The summed E-state index contributed by atoms with van der Waals surface area (Å²) in [6, 6.07) is 7.98. The Kier molecular flexibility index (Phi) is 10.2. The predicted octanol–water partition coefficient (Wildman–Crippen LogP) is 4.06. The third-order valence-corrected chi connectivity index (χ3v) is 4.31. The van der Waals surface area contributed by atoms with E-state index in [1.807, 2.05) is 0 Å². The lowest BCUT2D eigenvalue weighted by atomic mass is 10.1. The van der Waals surface area contributed by atoms with Gasteiger partial charge in [-0.1, -0.05) is 32.4 Å². The summed E-state index contributed by atoms with van der Waals surface area (Å²) in [5.41, 5.74) is 0.519. The minimum absolute atomic E-state index is 0.0275. The number of rotatable bonds is 11. The molecule has 0 heterocycles. The number of carbonyl (C=O) groups excluding carboxylic acids is 5. The van der Waals surface area contributed by atoms with E-state index in [9.17, 15) is 24.0 Å². The third-order valence-electron chi connectivity index (χ3n) is 4.31. The maximum atomic E-state index is 12.7. The van der Waals surface area contributed by atoms with E-state index in [0.29, 0.717) is 5.56 Å². The van der Waals surface area contributed by atoms with Gasteiger partial charge in [-0.25, -0.2) is 24.0 Å². The minimum atomic E-state index is -0.837. The molecule has 0 aliphatic carbocycles. The minimum Gasteiger partial charge on any atom is -0.423 e. The van der Waals surface area contributed by atoms with Crippen molar-refractivity contribution in [1.29, 1.82) is 0 Å². The van der Waals surface area contributed by atoms with Gasteiger partial charge in [0.15, 0.2) is 23.0 Å². The van der Waals surface area contributed by atoms with Crippen molar-refractivity contribution < 1.29 is 47.7 Å². The van der Waals surface area contributed by atoms with Crippen molar-refractivity contribution in [2.75, 3.05) is 0 Å². The van der Waals surface area contributed by atoms with Gasteiger partial charge in [0.05, 0.1) is 0 Å². The van der Waals surface area contributed by atoms with E-state index in [0.717, 1.165) is 24.3 Å². The van der Waals surface area contributed by atoms with E-state index >= 15 is 0 Å². The van der Waals surface area contributed by atoms with Crippen molar-refractivity contribution in [3.63, 3.8) is 0 Å². The highest BCUT2D eigenvalue weighted by Crippen LogP contribution is 2.33.